The van der Waals surface area contributed by atoms with Crippen molar-refractivity contribution in [2.75, 3.05) is 27.9 Å². The van der Waals surface area contributed by atoms with E-state index in [4.69, 9.17) is 18.9 Å². The van der Waals surface area contributed by atoms with E-state index in [-0.39, 0.29) is 18.3 Å². The van der Waals surface area contributed by atoms with Gasteiger partial charge in [0.15, 0.2) is 17.3 Å². The van der Waals surface area contributed by atoms with Crippen LogP contribution in [0.4, 0.5) is 0 Å². The quantitative estimate of drug-likeness (QED) is 0.783. The van der Waals surface area contributed by atoms with Gasteiger partial charge in [0.25, 0.3) is 0 Å². The Morgan fingerprint density at radius 3 is 2.46 bits per heavy atom. The van der Waals surface area contributed by atoms with E-state index in [0.29, 0.717) is 23.2 Å². The van der Waals surface area contributed by atoms with Crippen LogP contribution in [0.1, 0.15) is 12.5 Å². The zero-order valence-corrected chi connectivity index (χ0v) is 15.4. The number of ether oxygens (including phenoxy) is 4. The highest BCUT2D eigenvalue weighted by molar-refractivity contribution is 5.99. The highest BCUT2D eigenvalue weighted by atomic mass is 16.5. The fourth-order valence-electron chi connectivity index (χ4n) is 3.32. The molecular formula is C20H23NO5. The average Bonchev–Trinajstić information content (AvgIpc) is 3.17. The number of benzene rings is 1. The van der Waals surface area contributed by atoms with Gasteiger partial charge in [0.1, 0.15) is 18.4 Å². The Morgan fingerprint density at radius 2 is 1.85 bits per heavy atom. The van der Waals surface area contributed by atoms with Crippen molar-refractivity contribution in [1.82, 2.24) is 0 Å². The maximum Gasteiger partial charge on any atom is 0.216 e. The summed E-state index contributed by atoms with van der Waals surface area (Å²) in [6.45, 7) is 2.17. The first kappa shape index (κ1) is 18.0. The van der Waals surface area contributed by atoms with Gasteiger partial charge in [-0.25, -0.2) is 4.99 Å². The molecule has 138 valence electrons. The predicted octanol–water partition coefficient (Wildman–Crippen LogP) is 2.70. The lowest BCUT2D eigenvalue weighted by Gasteiger charge is -2.29. The van der Waals surface area contributed by atoms with Crippen LogP contribution in [0.2, 0.25) is 0 Å². The first-order valence-electron chi connectivity index (χ1n) is 8.48. The monoisotopic (exact) mass is 357 g/mol. The molecule has 0 radical (unpaired) electrons. The van der Waals surface area contributed by atoms with Gasteiger partial charge >= 0.3 is 0 Å². The SMILES string of the molecule is COC1=CC(C(=O)C2COC(c3ccccc3)=N2)C(C)C(OC)=C1OC. The van der Waals surface area contributed by atoms with Gasteiger partial charge in [0.2, 0.25) is 5.90 Å². The molecule has 3 unspecified atom stereocenters. The van der Waals surface area contributed by atoms with Crippen LogP contribution in [-0.4, -0.2) is 45.7 Å². The first-order valence-corrected chi connectivity index (χ1v) is 8.48. The van der Waals surface area contributed by atoms with E-state index in [2.05, 4.69) is 4.99 Å². The second-order valence-corrected chi connectivity index (χ2v) is 6.18. The third-order valence-corrected chi connectivity index (χ3v) is 4.70. The van der Waals surface area contributed by atoms with Crippen LogP contribution >= 0.6 is 0 Å². The van der Waals surface area contributed by atoms with Gasteiger partial charge in [-0.1, -0.05) is 25.1 Å². The molecule has 3 rings (SSSR count). The Bertz CT molecular complexity index is 766. The fraction of sp³-hybridized carbons (Fsp3) is 0.400. The molecule has 6 nitrogen and oxygen atoms in total. The van der Waals surface area contributed by atoms with Gasteiger partial charge in [0, 0.05) is 11.5 Å². The Balaban J connectivity index is 1.85. The largest absolute Gasteiger partial charge is 0.497 e. The minimum absolute atomic E-state index is 0.0253. The lowest BCUT2D eigenvalue weighted by molar-refractivity contribution is -0.124. The van der Waals surface area contributed by atoms with Crippen molar-refractivity contribution < 1.29 is 23.7 Å². The van der Waals surface area contributed by atoms with Gasteiger partial charge in [-0.3, -0.25) is 4.79 Å². The summed E-state index contributed by atoms with van der Waals surface area (Å²) in [5.41, 5.74) is 0.867. The second-order valence-electron chi connectivity index (χ2n) is 6.18. The smallest absolute Gasteiger partial charge is 0.216 e. The zero-order valence-electron chi connectivity index (χ0n) is 15.4. The van der Waals surface area contributed by atoms with Gasteiger partial charge in [0.05, 0.1) is 27.2 Å². The molecule has 1 heterocycles. The summed E-state index contributed by atoms with van der Waals surface area (Å²) in [6.07, 6.45) is 1.78. The number of aliphatic imine (C=N–C) groups is 1. The maximum atomic E-state index is 13.1. The molecule has 2 aliphatic rings. The van der Waals surface area contributed by atoms with Crippen molar-refractivity contribution in [2.24, 2.45) is 16.8 Å². The van der Waals surface area contributed by atoms with Gasteiger partial charge in [-0.05, 0) is 18.2 Å². The van der Waals surface area contributed by atoms with E-state index in [0.717, 1.165) is 5.56 Å². The van der Waals surface area contributed by atoms with Gasteiger partial charge < -0.3 is 18.9 Å². The van der Waals surface area contributed by atoms with Crippen LogP contribution < -0.4 is 0 Å². The molecule has 0 bridgehead atoms. The van der Waals surface area contributed by atoms with Crippen molar-refractivity contribution >= 4 is 11.7 Å². The van der Waals surface area contributed by atoms with Crippen molar-refractivity contribution in [1.29, 1.82) is 0 Å². The van der Waals surface area contributed by atoms with Crippen LogP contribution in [0.25, 0.3) is 0 Å². The third-order valence-electron chi connectivity index (χ3n) is 4.70. The summed E-state index contributed by atoms with van der Waals surface area (Å²) in [5, 5.41) is 0. The molecule has 0 amide bonds. The number of carbonyl (C=O) groups excluding carboxylic acids is 1. The van der Waals surface area contributed by atoms with Crippen LogP contribution in [-0.2, 0) is 23.7 Å². The van der Waals surface area contributed by atoms with E-state index >= 15 is 0 Å². The Hall–Kier alpha value is -2.76. The Morgan fingerprint density at radius 1 is 1.12 bits per heavy atom. The summed E-state index contributed by atoms with van der Waals surface area (Å²) >= 11 is 0. The summed E-state index contributed by atoms with van der Waals surface area (Å²) in [4.78, 5) is 17.6. The number of methoxy groups -OCH3 is 3. The highest BCUT2D eigenvalue weighted by Gasteiger charge is 2.40. The number of nitrogens with zero attached hydrogens (tertiary/aromatic N) is 1. The zero-order chi connectivity index (χ0) is 18.7. The van der Waals surface area contributed by atoms with E-state index in [1.165, 1.54) is 0 Å². The number of ketones is 1. The molecule has 1 aromatic rings. The van der Waals surface area contributed by atoms with Crippen LogP contribution in [0.15, 0.2) is 58.7 Å². The van der Waals surface area contributed by atoms with Crippen molar-refractivity contribution in [3.63, 3.8) is 0 Å². The van der Waals surface area contributed by atoms with E-state index in [1.54, 1.807) is 27.4 Å². The molecule has 0 saturated carbocycles. The molecule has 1 aliphatic heterocycles. The second kappa shape index (κ2) is 7.64. The number of carbonyl (C=O) groups is 1. The van der Waals surface area contributed by atoms with Crippen LogP contribution in [0.3, 0.4) is 0 Å². The fourth-order valence-corrected chi connectivity index (χ4v) is 3.32. The van der Waals surface area contributed by atoms with Crippen molar-refractivity contribution in [3.8, 4) is 0 Å². The molecule has 0 saturated heterocycles. The molecule has 0 N–H and O–H groups in total. The number of Topliss-reactive ketones (excluding diaryl/α,β-unsaturated/α-hetero) is 1. The molecule has 26 heavy (non-hydrogen) atoms. The molecule has 0 fully saturated rings. The van der Waals surface area contributed by atoms with Gasteiger partial charge in [-0.15, -0.1) is 0 Å². The van der Waals surface area contributed by atoms with Crippen LogP contribution in [0.5, 0.6) is 0 Å². The first-order chi connectivity index (χ1) is 12.6. The summed E-state index contributed by atoms with van der Waals surface area (Å²) < 4.78 is 21.9. The lowest BCUT2D eigenvalue weighted by Crippen LogP contribution is -2.34. The topological polar surface area (TPSA) is 66.4 Å². The predicted molar refractivity (Wildman–Crippen MR) is 96.5 cm³/mol. The van der Waals surface area contributed by atoms with E-state index in [1.807, 2.05) is 37.3 Å². The van der Waals surface area contributed by atoms with E-state index in [9.17, 15) is 4.79 Å². The van der Waals surface area contributed by atoms with Crippen molar-refractivity contribution in [3.05, 3.63) is 59.2 Å². The molecular weight excluding hydrogens is 334 g/mol. The summed E-state index contributed by atoms with van der Waals surface area (Å²) in [6, 6.07) is 9.02. The lowest BCUT2D eigenvalue weighted by atomic mass is 9.81. The standard InChI is InChI=1S/C20H23NO5/c1-12-14(10-16(23-2)19(25-4)18(12)24-3)17(22)15-11-26-20(21-15)13-8-6-5-7-9-13/h5-10,12,14-15H,11H2,1-4H3. The summed E-state index contributed by atoms with van der Waals surface area (Å²) in [7, 11) is 4.66. The molecule has 0 aromatic heterocycles. The number of hydrogen-bond acceptors (Lipinski definition) is 6. The molecule has 1 aliphatic carbocycles. The third kappa shape index (κ3) is 3.19. The Labute approximate surface area is 153 Å². The molecule has 3 atom stereocenters. The van der Waals surface area contributed by atoms with Crippen molar-refractivity contribution in [2.45, 2.75) is 13.0 Å². The number of allylic oxidation sites excluding steroid dienone is 2. The minimum atomic E-state index is -0.547. The number of rotatable bonds is 6. The Kier molecular flexibility index (Phi) is 5.30. The molecule has 0 spiro atoms. The highest BCUT2D eigenvalue weighted by Crippen LogP contribution is 2.36. The normalized spacial score (nSPS) is 25.2. The van der Waals surface area contributed by atoms with Crippen LogP contribution in [0, 0.1) is 11.8 Å². The summed E-state index contributed by atoms with van der Waals surface area (Å²) in [5.74, 6) is 1.47. The maximum absolute atomic E-state index is 13.1. The average molecular weight is 357 g/mol. The number of hydrogen-bond donors (Lipinski definition) is 0. The molecule has 1 aromatic carbocycles. The van der Waals surface area contributed by atoms with Gasteiger partial charge in [-0.2, -0.15) is 0 Å². The minimum Gasteiger partial charge on any atom is -0.497 e. The van der Waals surface area contributed by atoms with E-state index < -0.39 is 12.0 Å². The molecule has 6 heteroatoms.